The Morgan fingerprint density at radius 3 is 2.46 bits per heavy atom. The zero-order valence-electron chi connectivity index (χ0n) is 7.16. The molecular weight excluding hydrogens is 291 g/mol. The van der Waals surface area contributed by atoms with E-state index in [1.165, 1.54) is 0 Å². The van der Waals surface area contributed by atoms with E-state index in [0.717, 1.165) is 0 Å². The van der Waals surface area contributed by atoms with Crippen LogP contribution in [0.3, 0.4) is 0 Å². The van der Waals surface area contributed by atoms with Crippen LogP contribution in [-0.2, 0) is 4.79 Å². The third kappa shape index (κ3) is 3.74. The van der Waals surface area contributed by atoms with Crippen LogP contribution in [0.2, 0.25) is 0 Å². The predicted octanol–water partition coefficient (Wildman–Crippen LogP) is 2.12. The molecule has 0 unspecified atom stereocenters. The minimum absolute atomic E-state index is 0.0399. The summed E-state index contributed by atoms with van der Waals surface area (Å²) < 4.78 is 25.8. The van der Waals surface area contributed by atoms with Gasteiger partial charge in [-0.05, 0) is 12.8 Å². The fraction of sp³-hybridized carbons (Fsp3) is 0.875. The summed E-state index contributed by atoms with van der Waals surface area (Å²) >= 11 is 1.96. The summed E-state index contributed by atoms with van der Waals surface area (Å²) in [6, 6.07) is -0.0399. The Hall–Kier alpha value is 0.0600. The molecule has 1 saturated carbocycles. The number of halogens is 3. The first-order chi connectivity index (χ1) is 6.03. The van der Waals surface area contributed by atoms with Crippen LogP contribution in [0.15, 0.2) is 0 Å². The molecule has 0 spiro atoms. The van der Waals surface area contributed by atoms with Crippen molar-refractivity contribution in [1.29, 1.82) is 0 Å². The van der Waals surface area contributed by atoms with E-state index in [0.29, 0.717) is 17.3 Å². The summed E-state index contributed by atoms with van der Waals surface area (Å²) in [7, 11) is 0. The molecule has 5 heteroatoms. The molecule has 2 nitrogen and oxygen atoms in total. The highest BCUT2D eigenvalue weighted by molar-refractivity contribution is 14.1. The minimum atomic E-state index is -2.51. The van der Waals surface area contributed by atoms with Crippen molar-refractivity contribution >= 4 is 28.5 Å². The standard InChI is InChI=1S/C8H12F2INO/c9-8(10)3-1-6(2-4-8)12-7(13)5-11/h6H,1-5H2,(H,12,13). The molecular formula is C8H12F2INO. The molecule has 0 saturated heterocycles. The number of amides is 1. The number of hydrogen-bond donors (Lipinski definition) is 1. The molecule has 0 radical (unpaired) electrons. The first-order valence-corrected chi connectivity index (χ1v) is 5.79. The number of alkyl halides is 3. The molecule has 0 atom stereocenters. The number of carbonyl (C=O) groups is 1. The van der Waals surface area contributed by atoms with E-state index in [9.17, 15) is 13.6 Å². The lowest BCUT2D eigenvalue weighted by Crippen LogP contribution is -2.40. The third-order valence-corrected chi connectivity index (χ3v) is 2.90. The maximum atomic E-state index is 12.7. The van der Waals surface area contributed by atoms with Crippen LogP contribution >= 0.6 is 22.6 Å². The molecule has 1 N–H and O–H groups in total. The van der Waals surface area contributed by atoms with Gasteiger partial charge in [-0.1, -0.05) is 22.6 Å². The average molecular weight is 303 g/mol. The van der Waals surface area contributed by atoms with Gasteiger partial charge in [-0.25, -0.2) is 8.78 Å². The second-order valence-corrected chi connectivity index (χ2v) is 4.09. The van der Waals surface area contributed by atoms with Crippen molar-refractivity contribution in [3.63, 3.8) is 0 Å². The van der Waals surface area contributed by atoms with E-state index in [4.69, 9.17) is 0 Å². The monoisotopic (exact) mass is 303 g/mol. The van der Waals surface area contributed by atoms with Crippen molar-refractivity contribution < 1.29 is 13.6 Å². The summed E-state index contributed by atoms with van der Waals surface area (Å²) in [6.45, 7) is 0. The molecule has 76 valence electrons. The first kappa shape index (κ1) is 11.1. The van der Waals surface area contributed by atoms with Gasteiger partial charge in [0.25, 0.3) is 0 Å². The van der Waals surface area contributed by atoms with Gasteiger partial charge in [0, 0.05) is 18.9 Å². The van der Waals surface area contributed by atoms with Crippen LogP contribution in [-0.4, -0.2) is 22.3 Å². The van der Waals surface area contributed by atoms with Gasteiger partial charge >= 0.3 is 0 Å². The summed E-state index contributed by atoms with van der Waals surface area (Å²) in [6.07, 6.45) is 0.600. The average Bonchev–Trinajstić information content (AvgIpc) is 2.08. The molecule has 0 aromatic carbocycles. The van der Waals surface area contributed by atoms with Crippen LogP contribution in [0.5, 0.6) is 0 Å². The SMILES string of the molecule is O=C(CI)NC1CCC(F)(F)CC1. The third-order valence-electron chi connectivity index (χ3n) is 2.20. The maximum absolute atomic E-state index is 12.7. The smallest absolute Gasteiger partial charge is 0.248 e. The number of carbonyl (C=O) groups excluding carboxylic acids is 1. The molecule has 1 amide bonds. The first-order valence-electron chi connectivity index (χ1n) is 4.27. The summed E-state index contributed by atoms with van der Waals surface area (Å²) in [4.78, 5) is 10.9. The van der Waals surface area contributed by atoms with Crippen LogP contribution < -0.4 is 5.32 Å². The van der Waals surface area contributed by atoms with Crippen LogP contribution in [0.25, 0.3) is 0 Å². The predicted molar refractivity (Wildman–Crippen MR) is 54.2 cm³/mol. The Labute approximate surface area is 89.6 Å². The minimum Gasteiger partial charge on any atom is -0.353 e. The number of nitrogens with one attached hydrogen (secondary N) is 1. The van der Waals surface area contributed by atoms with Crippen molar-refractivity contribution in [2.75, 3.05) is 4.43 Å². The lowest BCUT2D eigenvalue weighted by Gasteiger charge is -2.28. The zero-order chi connectivity index (χ0) is 9.90. The number of rotatable bonds is 2. The summed E-state index contributed by atoms with van der Waals surface area (Å²) in [5.41, 5.74) is 0. The van der Waals surface area contributed by atoms with Crippen molar-refractivity contribution in [3.05, 3.63) is 0 Å². The Bertz CT molecular complexity index is 189. The van der Waals surface area contributed by atoms with E-state index in [-0.39, 0.29) is 24.8 Å². The normalized spacial score (nSPS) is 22.7. The molecule has 0 aromatic heterocycles. The topological polar surface area (TPSA) is 29.1 Å². The van der Waals surface area contributed by atoms with Gasteiger partial charge in [0.2, 0.25) is 11.8 Å². The van der Waals surface area contributed by atoms with Gasteiger partial charge in [-0.15, -0.1) is 0 Å². The lowest BCUT2D eigenvalue weighted by atomic mass is 9.92. The van der Waals surface area contributed by atoms with Gasteiger partial charge in [0.1, 0.15) is 0 Å². The molecule has 1 aliphatic rings. The van der Waals surface area contributed by atoms with Crippen molar-refractivity contribution in [1.82, 2.24) is 5.32 Å². The fourth-order valence-corrected chi connectivity index (χ4v) is 1.67. The largest absolute Gasteiger partial charge is 0.353 e. The van der Waals surface area contributed by atoms with Crippen LogP contribution in [0, 0.1) is 0 Å². The lowest BCUT2D eigenvalue weighted by molar-refractivity contribution is -0.120. The summed E-state index contributed by atoms with van der Waals surface area (Å²) in [5.74, 6) is -2.57. The van der Waals surface area contributed by atoms with Crippen LogP contribution in [0.1, 0.15) is 25.7 Å². The van der Waals surface area contributed by atoms with Crippen molar-refractivity contribution in [2.24, 2.45) is 0 Å². The van der Waals surface area contributed by atoms with E-state index < -0.39 is 5.92 Å². The second-order valence-electron chi connectivity index (χ2n) is 3.33. The number of hydrogen-bond acceptors (Lipinski definition) is 1. The molecule has 0 bridgehead atoms. The molecule has 1 fully saturated rings. The Morgan fingerprint density at radius 1 is 1.46 bits per heavy atom. The van der Waals surface area contributed by atoms with Gasteiger partial charge in [-0.2, -0.15) is 0 Å². The van der Waals surface area contributed by atoms with E-state index in [1.807, 2.05) is 22.6 Å². The zero-order valence-corrected chi connectivity index (χ0v) is 9.31. The highest BCUT2D eigenvalue weighted by atomic mass is 127. The second kappa shape index (κ2) is 4.52. The highest BCUT2D eigenvalue weighted by Gasteiger charge is 2.35. The molecule has 0 aliphatic heterocycles. The molecule has 13 heavy (non-hydrogen) atoms. The van der Waals surface area contributed by atoms with Gasteiger partial charge in [0.05, 0.1) is 4.43 Å². The Balaban J connectivity index is 2.29. The van der Waals surface area contributed by atoms with Gasteiger partial charge in [0.15, 0.2) is 0 Å². The van der Waals surface area contributed by atoms with E-state index >= 15 is 0 Å². The van der Waals surface area contributed by atoms with Gasteiger partial charge in [-0.3, -0.25) is 4.79 Å². The molecule has 1 rings (SSSR count). The van der Waals surface area contributed by atoms with Gasteiger partial charge < -0.3 is 5.32 Å². The molecule has 0 heterocycles. The van der Waals surface area contributed by atoms with Crippen molar-refractivity contribution in [3.8, 4) is 0 Å². The van der Waals surface area contributed by atoms with E-state index in [1.54, 1.807) is 0 Å². The molecule has 1 aliphatic carbocycles. The van der Waals surface area contributed by atoms with E-state index in [2.05, 4.69) is 5.32 Å². The Morgan fingerprint density at radius 2 is 2.00 bits per heavy atom. The Kier molecular flexibility index (Phi) is 3.87. The fourth-order valence-electron chi connectivity index (χ4n) is 1.45. The maximum Gasteiger partial charge on any atom is 0.248 e. The van der Waals surface area contributed by atoms with Crippen molar-refractivity contribution in [2.45, 2.75) is 37.6 Å². The molecule has 0 aromatic rings. The quantitative estimate of drug-likeness (QED) is 0.614. The summed E-state index contributed by atoms with van der Waals surface area (Å²) in [5, 5.41) is 2.73. The highest BCUT2D eigenvalue weighted by Crippen LogP contribution is 2.32. The van der Waals surface area contributed by atoms with Crippen LogP contribution in [0.4, 0.5) is 8.78 Å².